The van der Waals surface area contributed by atoms with E-state index in [1.807, 2.05) is 24.3 Å². The van der Waals surface area contributed by atoms with Crippen LogP contribution in [-0.4, -0.2) is 60.2 Å². The van der Waals surface area contributed by atoms with Gasteiger partial charge >= 0.3 is 0 Å². The molecule has 0 aromatic rings. The minimum atomic E-state index is -0.410. The number of amidine groups is 1. The van der Waals surface area contributed by atoms with Gasteiger partial charge in [-0.3, -0.25) is 9.79 Å². The van der Waals surface area contributed by atoms with E-state index >= 15 is 0 Å². The molecule has 0 heterocycles. The number of amides is 1. The molecule has 1 amide bonds. The van der Waals surface area contributed by atoms with Crippen LogP contribution in [0.1, 0.15) is 32.1 Å². The number of hydrogen-bond donors (Lipinski definition) is 3. The van der Waals surface area contributed by atoms with Gasteiger partial charge in [-0.05, 0) is 25.3 Å². The van der Waals surface area contributed by atoms with Crippen molar-refractivity contribution in [1.82, 2.24) is 4.90 Å². The van der Waals surface area contributed by atoms with Gasteiger partial charge in [0.25, 0.3) is 0 Å². The number of rotatable bonds is 10. The topological polar surface area (TPSA) is 99.2 Å². The van der Waals surface area contributed by atoms with E-state index in [0.717, 1.165) is 24.0 Å². The van der Waals surface area contributed by atoms with Gasteiger partial charge in [0.1, 0.15) is 5.84 Å². The van der Waals surface area contributed by atoms with Gasteiger partial charge < -0.3 is 20.8 Å². The van der Waals surface area contributed by atoms with Crippen molar-refractivity contribution in [2.75, 3.05) is 27.3 Å². The van der Waals surface area contributed by atoms with E-state index in [4.69, 9.17) is 10.8 Å². The lowest BCUT2D eigenvalue weighted by Gasteiger charge is -2.10. The first-order valence-electron chi connectivity index (χ1n) is 8.80. The maximum atomic E-state index is 11.5. The molecular weight excluding hydrogens is 330 g/mol. The quantitative estimate of drug-likeness (QED) is 0.236. The lowest BCUT2D eigenvalue weighted by Crippen LogP contribution is -2.21. The molecule has 0 saturated heterocycles. The minimum absolute atomic E-state index is 0.0513. The zero-order valence-corrected chi connectivity index (χ0v) is 15.6. The van der Waals surface area contributed by atoms with Gasteiger partial charge in [-0.1, -0.05) is 30.1 Å². The molecule has 142 valence electrons. The molecule has 0 radical (unpaired) electrons. The Balaban J connectivity index is 2.69. The van der Waals surface area contributed by atoms with Crippen molar-refractivity contribution in [1.29, 1.82) is 0 Å². The normalized spacial score (nSPS) is 15.6. The van der Waals surface area contributed by atoms with Crippen molar-refractivity contribution < 1.29 is 15.0 Å². The third-order valence-electron chi connectivity index (χ3n) is 3.82. The van der Waals surface area contributed by atoms with Crippen LogP contribution < -0.4 is 5.73 Å². The molecule has 0 aromatic carbocycles. The highest BCUT2D eigenvalue weighted by molar-refractivity contribution is 6.00. The van der Waals surface area contributed by atoms with Crippen LogP contribution in [0.15, 0.2) is 40.4 Å². The Hall–Kier alpha value is -2.36. The number of unbranched alkanes of at least 4 members (excludes halogenated alkanes) is 1. The second kappa shape index (κ2) is 12.1. The average Bonchev–Trinajstić information content (AvgIpc) is 2.86. The first kappa shape index (κ1) is 21.7. The van der Waals surface area contributed by atoms with Gasteiger partial charge in [-0.25, -0.2) is 0 Å². The number of carbonyl (C=O) groups is 1. The number of hydrogen-bond acceptors (Lipinski definition) is 4. The predicted octanol–water partition coefficient (Wildman–Crippen LogP) is 1.16. The van der Waals surface area contributed by atoms with Crippen molar-refractivity contribution in [2.24, 2.45) is 10.7 Å². The van der Waals surface area contributed by atoms with Gasteiger partial charge in [0.2, 0.25) is 5.91 Å². The lowest BCUT2D eigenvalue weighted by molar-refractivity contribution is -0.128. The van der Waals surface area contributed by atoms with E-state index in [2.05, 4.69) is 16.8 Å². The lowest BCUT2D eigenvalue weighted by atomic mass is 10.1. The third-order valence-corrected chi connectivity index (χ3v) is 3.82. The highest BCUT2D eigenvalue weighted by atomic mass is 16.3. The second-order valence-electron chi connectivity index (χ2n) is 6.21. The molecule has 0 fully saturated rings. The Morgan fingerprint density at radius 2 is 2.23 bits per heavy atom. The van der Waals surface area contributed by atoms with E-state index in [0.29, 0.717) is 25.1 Å². The molecule has 6 nitrogen and oxygen atoms in total. The SMILES string of the molecule is CN(C)C(=O)CCC/C=C\C1=CC(C(N)=NC(CO)CCO)=CCC#C1. The fraction of sp³-hybridized carbons (Fsp3) is 0.500. The van der Waals surface area contributed by atoms with Gasteiger partial charge in [-0.2, -0.15) is 0 Å². The molecule has 4 N–H and O–H groups in total. The second-order valence-corrected chi connectivity index (χ2v) is 6.21. The summed E-state index contributed by atoms with van der Waals surface area (Å²) in [5.74, 6) is 6.57. The van der Waals surface area contributed by atoms with Crippen LogP contribution in [0.25, 0.3) is 0 Å². The van der Waals surface area contributed by atoms with Gasteiger partial charge in [-0.15, -0.1) is 0 Å². The molecule has 0 bridgehead atoms. The number of nitrogens with zero attached hydrogens (tertiary/aromatic N) is 2. The van der Waals surface area contributed by atoms with E-state index in [9.17, 15) is 9.90 Å². The van der Waals surface area contributed by atoms with Crippen LogP contribution in [0, 0.1) is 11.8 Å². The number of allylic oxidation sites excluding steroid dienone is 4. The summed E-state index contributed by atoms with van der Waals surface area (Å²) in [6, 6.07) is -0.410. The summed E-state index contributed by atoms with van der Waals surface area (Å²) in [5, 5.41) is 18.3. The minimum Gasteiger partial charge on any atom is -0.396 e. The smallest absolute Gasteiger partial charge is 0.222 e. The molecule has 1 unspecified atom stereocenters. The first-order chi connectivity index (χ1) is 12.5. The highest BCUT2D eigenvalue weighted by Gasteiger charge is 2.08. The molecule has 0 spiro atoms. The third kappa shape index (κ3) is 8.15. The van der Waals surface area contributed by atoms with E-state index in [-0.39, 0.29) is 19.1 Å². The maximum absolute atomic E-state index is 11.5. The molecular formula is C20H29N3O3. The number of aliphatic hydroxyl groups is 2. The van der Waals surface area contributed by atoms with Crippen LogP contribution in [0.3, 0.4) is 0 Å². The largest absolute Gasteiger partial charge is 0.396 e. The Labute approximate surface area is 155 Å². The molecule has 0 aromatic heterocycles. The summed E-state index contributed by atoms with van der Waals surface area (Å²) in [5.41, 5.74) is 7.63. The standard InChI is InChI=1S/C20H29N3O3/c1-23(2)19(26)11-5-3-4-8-16-9-6-7-10-17(14-16)20(21)22-18(15-25)12-13-24/h4,8,10,14,18,24-25H,3,5,7,11-13,15H2,1-2H3,(H2,21,22)/b8-4-. The monoisotopic (exact) mass is 359 g/mol. The van der Waals surface area contributed by atoms with E-state index in [1.165, 1.54) is 0 Å². The molecule has 6 heteroatoms. The predicted molar refractivity (Wildman–Crippen MR) is 104 cm³/mol. The molecule has 1 rings (SSSR count). The highest BCUT2D eigenvalue weighted by Crippen LogP contribution is 2.11. The number of nitrogens with two attached hydrogens (primary N) is 1. The van der Waals surface area contributed by atoms with Gasteiger partial charge in [0, 0.05) is 44.7 Å². The Bertz CT molecular complexity index is 649. The molecule has 0 saturated carbocycles. The first-order valence-corrected chi connectivity index (χ1v) is 8.80. The summed E-state index contributed by atoms with van der Waals surface area (Å²) in [4.78, 5) is 17.4. The Morgan fingerprint density at radius 3 is 2.88 bits per heavy atom. The number of carbonyl (C=O) groups excluding carboxylic acids is 1. The van der Waals surface area contributed by atoms with Crippen LogP contribution in [-0.2, 0) is 4.79 Å². The maximum Gasteiger partial charge on any atom is 0.222 e. The molecule has 26 heavy (non-hydrogen) atoms. The van der Waals surface area contributed by atoms with Crippen LogP contribution >= 0.6 is 0 Å². The fourth-order valence-electron chi connectivity index (χ4n) is 2.27. The van der Waals surface area contributed by atoms with Crippen molar-refractivity contribution in [3.8, 4) is 11.8 Å². The van der Waals surface area contributed by atoms with Crippen molar-refractivity contribution in [3.05, 3.63) is 35.5 Å². The van der Waals surface area contributed by atoms with Gasteiger partial charge in [0.15, 0.2) is 0 Å². The Kier molecular flexibility index (Phi) is 10.1. The fourth-order valence-corrected chi connectivity index (χ4v) is 2.27. The number of aliphatic hydroxyl groups excluding tert-OH is 2. The number of aliphatic imine (C=N–C) groups is 1. The summed E-state index contributed by atoms with van der Waals surface area (Å²) in [6.45, 7) is -0.211. The van der Waals surface area contributed by atoms with Crippen LogP contribution in [0.4, 0.5) is 0 Å². The summed E-state index contributed by atoms with van der Waals surface area (Å²) < 4.78 is 0. The van der Waals surface area contributed by atoms with Crippen LogP contribution in [0.2, 0.25) is 0 Å². The Morgan fingerprint density at radius 1 is 1.46 bits per heavy atom. The summed E-state index contributed by atoms with van der Waals surface area (Å²) in [6.07, 6.45) is 10.7. The summed E-state index contributed by atoms with van der Waals surface area (Å²) >= 11 is 0. The molecule has 0 aliphatic heterocycles. The van der Waals surface area contributed by atoms with Crippen molar-refractivity contribution in [3.63, 3.8) is 0 Å². The van der Waals surface area contributed by atoms with E-state index in [1.54, 1.807) is 19.0 Å². The molecule has 1 atom stereocenters. The average molecular weight is 359 g/mol. The van der Waals surface area contributed by atoms with Crippen molar-refractivity contribution in [2.45, 2.75) is 38.1 Å². The zero-order chi connectivity index (χ0) is 19.4. The molecule has 1 aliphatic carbocycles. The van der Waals surface area contributed by atoms with E-state index < -0.39 is 6.04 Å². The van der Waals surface area contributed by atoms with Crippen molar-refractivity contribution >= 4 is 11.7 Å². The van der Waals surface area contributed by atoms with Gasteiger partial charge in [0.05, 0.1) is 12.6 Å². The summed E-state index contributed by atoms with van der Waals surface area (Å²) in [7, 11) is 3.51. The molecule has 1 aliphatic rings. The van der Waals surface area contributed by atoms with Crippen LogP contribution in [0.5, 0.6) is 0 Å². The zero-order valence-electron chi connectivity index (χ0n) is 15.6.